The maximum absolute atomic E-state index is 5.71. The Bertz CT molecular complexity index is 725. The molecule has 1 aromatic carbocycles. The Morgan fingerprint density at radius 3 is 2.89 bits per heavy atom. The molecule has 0 aliphatic rings. The first-order valence-corrected chi connectivity index (χ1v) is 5.55. The normalized spacial score (nSPS) is 12.1. The van der Waals surface area contributed by atoms with E-state index in [0.29, 0.717) is 17.7 Å². The Hall–Kier alpha value is -2.63. The molecule has 3 rings (SSSR count). The molecule has 0 unspecified atom stereocenters. The number of H-pyrrole nitrogens is 1. The number of aromatic amines is 1. The highest BCUT2D eigenvalue weighted by Gasteiger charge is 2.02. The summed E-state index contributed by atoms with van der Waals surface area (Å²) >= 11 is 0. The highest BCUT2D eigenvalue weighted by Crippen LogP contribution is 2.01. The van der Waals surface area contributed by atoms with Crippen molar-refractivity contribution in [3.05, 3.63) is 54.0 Å². The summed E-state index contributed by atoms with van der Waals surface area (Å²) in [4.78, 5) is 15.8. The van der Waals surface area contributed by atoms with Gasteiger partial charge in [0.25, 0.3) is 0 Å². The number of imidazole rings is 1. The monoisotopic (exact) mass is 240 g/mol. The van der Waals surface area contributed by atoms with Gasteiger partial charge in [0.1, 0.15) is 11.8 Å². The largest absolute Gasteiger partial charge is 0.340 e. The summed E-state index contributed by atoms with van der Waals surface area (Å²) in [6, 6.07) is 10.0. The fourth-order valence-corrected chi connectivity index (χ4v) is 1.75. The molecule has 6 nitrogen and oxygen atoms in total. The molecule has 0 amide bonds. The van der Waals surface area contributed by atoms with E-state index in [4.69, 9.17) is 5.84 Å². The number of nitrogens with one attached hydrogen (secondary N) is 1. The minimum Gasteiger partial charge on any atom is -0.340 e. The molecule has 0 bridgehead atoms. The summed E-state index contributed by atoms with van der Waals surface area (Å²) in [7, 11) is 0. The van der Waals surface area contributed by atoms with E-state index in [1.807, 2.05) is 30.3 Å². The Kier molecular flexibility index (Phi) is 2.53. The van der Waals surface area contributed by atoms with Gasteiger partial charge in [-0.3, -0.25) is 4.99 Å². The van der Waals surface area contributed by atoms with Crippen LogP contribution < -0.4 is 11.3 Å². The summed E-state index contributed by atoms with van der Waals surface area (Å²) in [6.45, 7) is 0.580. The van der Waals surface area contributed by atoms with E-state index in [1.165, 1.54) is 11.0 Å². The molecule has 0 atom stereocenters. The first-order valence-electron chi connectivity index (χ1n) is 5.55. The second-order valence-electron chi connectivity index (χ2n) is 3.88. The van der Waals surface area contributed by atoms with Crippen LogP contribution in [0.4, 0.5) is 0 Å². The summed E-state index contributed by atoms with van der Waals surface area (Å²) in [5, 5.41) is 0. The van der Waals surface area contributed by atoms with Crippen molar-refractivity contribution in [1.82, 2.24) is 19.6 Å². The zero-order valence-electron chi connectivity index (χ0n) is 9.61. The fourth-order valence-electron chi connectivity index (χ4n) is 1.75. The molecule has 18 heavy (non-hydrogen) atoms. The molecule has 2 heterocycles. The van der Waals surface area contributed by atoms with E-state index in [1.54, 1.807) is 6.33 Å². The van der Waals surface area contributed by atoms with Gasteiger partial charge in [0.2, 0.25) is 0 Å². The highest BCUT2D eigenvalue weighted by atomic mass is 15.3. The molecule has 90 valence electrons. The van der Waals surface area contributed by atoms with Gasteiger partial charge in [0.15, 0.2) is 11.1 Å². The standard InChI is InChI=1S/C12H12N6/c13-18-8-17-11(10-12(18)16-7-15-10)14-6-9-4-2-1-3-5-9/h1-5,7-8H,6,13H2,(H,15,16). The van der Waals surface area contributed by atoms with Crippen LogP contribution in [0.1, 0.15) is 5.56 Å². The number of nitrogens with two attached hydrogens (primary N) is 1. The lowest BCUT2D eigenvalue weighted by molar-refractivity contribution is 0.910. The van der Waals surface area contributed by atoms with Crippen LogP contribution in [0.2, 0.25) is 0 Å². The maximum Gasteiger partial charge on any atom is 0.181 e. The smallest absolute Gasteiger partial charge is 0.181 e. The molecule has 3 aromatic rings. The van der Waals surface area contributed by atoms with E-state index < -0.39 is 0 Å². The van der Waals surface area contributed by atoms with Gasteiger partial charge >= 0.3 is 0 Å². The quantitative estimate of drug-likeness (QED) is 0.642. The Morgan fingerprint density at radius 2 is 2.06 bits per heavy atom. The summed E-state index contributed by atoms with van der Waals surface area (Å²) in [6.07, 6.45) is 3.09. The molecule has 0 saturated carbocycles. The molecular formula is C12H12N6. The number of rotatable bonds is 2. The lowest BCUT2D eigenvalue weighted by Gasteiger charge is -1.99. The van der Waals surface area contributed by atoms with Crippen molar-refractivity contribution in [2.24, 2.45) is 4.99 Å². The number of hydrogen-bond acceptors (Lipinski definition) is 4. The van der Waals surface area contributed by atoms with Crippen LogP contribution in [-0.2, 0) is 6.54 Å². The third-order valence-corrected chi connectivity index (χ3v) is 2.65. The van der Waals surface area contributed by atoms with Crippen molar-refractivity contribution in [1.29, 1.82) is 0 Å². The number of aromatic nitrogens is 4. The highest BCUT2D eigenvalue weighted by molar-refractivity contribution is 5.68. The lowest BCUT2D eigenvalue weighted by atomic mass is 10.2. The van der Waals surface area contributed by atoms with Crippen molar-refractivity contribution >= 4 is 11.2 Å². The van der Waals surface area contributed by atoms with Crippen LogP contribution >= 0.6 is 0 Å². The van der Waals surface area contributed by atoms with Gasteiger partial charge in [0.05, 0.1) is 12.9 Å². The number of hydrogen-bond donors (Lipinski definition) is 2. The van der Waals surface area contributed by atoms with Crippen molar-refractivity contribution < 1.29 is 0 Å². The van der Waals surface area contributed by atoms with Gasteiger partial charge in [-0.25, -0.2) is 14.6 Å². The minimum absolute atomic E-state index is 0.580. The molecule has 3 N–H and O–H groups in total. The van der Waals surface area contributed by atoms with Crippen molar-refractivity contribution in [2.75, 3.05) is 5.84 Å². The molecule has 0 aliphatic carbocycles. The van der Waals surface area contributed by atoms with Crippen LogP contribution in [-0.4, -0.2) is 19.6 Å². The Morgan fingerprint density at radius 1 is 1.22 bits per heavy atom. The second kappa shape index (κ2) is 4.33. The second-order valence-corrected chi connectivity index (χ2v) is 3.88. The maximum atomic E-state index is 5.71. The van der Waals surface area contributed by atoms with E-state index in [0.717, 1.165) is 11.1 Å². The average molecular weight is 240 g/mol. The Labute approximate surface area is 103 Å². The van der Waals surface area contributed by atoms with Gasteiger partial charge in [-0.1, -0.05) is 30.3 Å². The number of nitrogen functional groups attached to an aromatic ring is 1. The molecule has 0 aliphatic heterocycles. The first kappa shape index (κ1) is 10.5. The minimum atomic E-state index is 0.580. The molecule has 0 radical (unpaired) electrons. The van der Waals surface area contributed by atoms with Gasteiger partial charge in [-0.05, 0) is 5.56 Å². The van der Waals surface area contributed by atoms with Crippen molar-refractivity contribution in [3.63, 3.8) is 0 Å². The van der Waals surface area contributed by atoms with Crippen molar-refractivity contribution in [2.45, 2.75) is 6.54 Å². The first-order chi connectivity index (χ1) is 8.84. The van der Waals surface area contributed by atoms with Gasteiger partial charge in [-0.15, -0.1) is 0 Å². The van der Waals surface area contributed by atoms with E-state index >= 15 is 0 Å². The summed E-state index contributed by atoms with van der Waals surface area (Å²) in [5.41, 5.74) is 3.14. The zero-order valence-corrected chi connectivity index (χ0v) is 9.61. The summed E-state index contributed by atoms with van der Waals surface area (Å²) in [5.74, 6) is 5.71. The Balaban J connectivity index is 2.04. The number of benzene rings is 1. The zero-order chi connectivity index (χ0) is 12.4. The molecule has 0 spiro atoms. The summed E-state index contributed by atoms with van der Waals surface area (Å²) < 4.78 is 1.37. The fraction of sp³-hybridized carbons (Fsp3) is 0.0833. The van der Waals surface area contributed by atoms with Gasteiger partial charge < -0.3 is 10.8 Å². The predicted molar refractivity (Wildman–Crippen MR) is 67.7 cm³/mol. The third-order valence-electron chi connectivity index (χ3n) is 2.65. The van der Waals surface area contributed by atoms with Crippen LogP contribution in [0.15, 0.2) is 48.0 Å². The topological polar surface area (TPSA) is 84.9 Å². The van der Waals surface area contributed by atoms with Crippen LogP contribution in [0.25, 0.3) is 11.2 Å². The SMILES string of the molecule is Nn1cnc(=NCc2ccccc2)c2[nH]cnc21. The molecule has 0 saturated heterocycles. The predicted octanol–water partition coefficient (Wildman–Crippen LogP) is 0.574. The van der Waals surface area contributed by atoms with Gasteiger partial charge in [-0.2, -0.15) is 0 Å². The molecule has 2 aromatic heterocycles. The number of nitrogens with zero attached hydrogens (tertiary/aromatic N) is 4. The van der Waals surface area contributed by atoms with Crippen LogP contribution in [0, 0.1) is 0 Å². The van der Waals surface area contributed by atoms with E-state index in [2.05, 4.69) is 19.9 Å². The van der Waals surface area contributed by atoms with Crippen LogP contribution in [0.3, 0.4) is 0 Å². The molecule has 6 heteroatoms. The van der Waals surface area contributed by atoms with Crippen LogP contribution in [0.5, 0.6) is 0 Å². The molecular weight excluding hydrogens is 228 g/mol. The van der Waals surface area contributed by atoms with Crippen molar-refractivity contribution in [3.8, 4) is 0 Å². The average Bonchev–Trinajstić information content (AvgIpc) is 2.90. The molecule has 0 fully saturated rings. The third kappa shape index (κ3) is 1.84. The van der Waals surface area contributed by atoms with E-state index in [-0.39, 0.29) is 0 Å². The van der Waals surface area contributed by atoms with Gasteiger partial charge in [0, 0.05) is 0 Å². The lowest BCUT2D eigenvalue weighted by Crippen LogP contribution is -2.18. The number of fused-ring (bicyclic) bond motifs is 1. The van der Waals surface area contributed by atoms with E-state index in [9.17, 15) is 0 Å².